The minimum absolute atomic E-state index is 0. The largest absolute Gasteiger partial charge is 0.491 e. The minimum atomic E-state index is 0. The molecule has 0 atom stereocenters. The third-order valence-electron chi connectivity index (χ3n) is 3.70. The standard InChI is InChI=1S/C20H25N5OS.HI/c1-15(2)26-18-7-5-16(6-8-18)24-20(22-14-17-9-12-23-25-17)21-11-10-19-4-3-13-27-19;/h3-9,12-13,15H,10-11,14H2,1-2H3,(H,23,25)(H2,21,22,24);1H. The van der Waals surface area contributed by atoms with E-state index >= 15 is 0 Å². The molecule has 0 saturated heterocycles. The molecule has 2 aromatic heterocycles. The van der Waals surface area contributed by atoms with E-state index in [0.29, 0.717) is 6.54 Å². The second-order valence-corrected chi connectivity index (χ2v) is 7.35. The van der Waals surface area contributed by atoms with Crippen LogP contribution in [0.3, 0.4) is 0 Å². The zero-order valence-corrected chi connectivity index (χ0v) is 19.2. The summed E-state index contributed by atoms with van der Waals surface area (Å²) in [5.41, 5.74) is 1.92. The van der Waals surface area contributed by atoms with Gasteiger partial charge in [0.2, 0.25) is 0 Å². The summed E-state index contributed by atoms with van der Waals surface area (Å²) in [4.78, 5) is 6.00. The van der Waals surface area contributed by atoms with Crippen LogP contribution in [0, 0.1) is 0 Å². The van der Waals surface area contributed by atoms with Gasteiger partial charge in [0.25, 0.3) is 0 Å². The number of aliphatic imine (C=N–C) groups is 1. The maximum Gasteiger partial charge on any atom is 0.196 e. The molecule has 28 heavy (non-hydrogen) atoms. The van der Waals surface area contributed by atoms with Crippen LogP contribution in [0.5, 0.6) is 5.75 Å². The number of anilines is 1. The normalized spacial score (nSPS) is 11.2. The molecule has 8 heteroatoms. The number of halogens is 1. The van der Waals surface area contributed by atoms with E-state index < -0.39 is 0 Å². The lowest BCUT2D eigenvalue weighted by Gasteiger charge is -2.14. The van der Waals surface area contributed by atoms with Crippen LogP contribution in [0.2, 0.25) is 0 Å². The first-order valence-electron chi connectivity index (χ1n) is 9.02. The van der Waals surface area contributed by atoms with Crippen LogP contribution in [0.25, 0.3) is 0 Å². The number of ether oxygens (including phenoxy) is 1. The van der Waals surface area contributed by atoms with Crippen LogP contribution in [0.4, 0.5) is 5.69 Å². The first-order chi connectivity index (χ1) is 13.2. The molecule has 0 radical (unpaired) electrons. The van der Waals surface area contributed by atoms with E-state index in [-0.39, 0.29) is 30.1 Å². The highest BCUT2D eigenvalue weighted by Gasteiger charge is 2.03. The Kier molecular flexibility index (Phi) is 9.29. The van der Waals surface area contributed by atoms with E-state index in [0.717, 1.165) is 36.1 Å². The Hall–Kier alpha value is -2.07. The predicted octanol–water partition coefficient (Wildman–Crippen LogP) is 4.68. The fourth-order valence-corrected chi connectivity index (χ4v) is 3.17. The lowest BCUT2D eigenvalue weighted by Crippen LogP contribution is -2.32. The molecule has 0 saturated carbocycles. The second-order valence-electron chi connectivity index (χ2n) is 6.32. The Morgan fingerprint density at radius 3 is 2.68 bits per heavy atom. The minimum Gasteiger partial charge on any atom is -0.491 e. The number of benzene rings is 1. The van der Waals surface area contributed by atoms with Crippen molar-refractivity contribution in [2.75, 3.05) is 11.9 Å². The summed E-state index contributed by atoms with van der Waals surface area (Å²) >= 11 is 1.77. The van der Waals surface area contributed by atoms with Crippen molar-refractivity contribution in [2.45, 2.75) is 32.9 Å². The van der Waals surface area contributed by atoms with E-state index in [1.54, 1.807) is 17.5 Å². The number of thiophene rings is 1. The first-order valence-corrected chi connectivity index (χ1v) is 9.90. The number of hydrogen-bond donors (Lipinski definition) is 3. The molecule has 1 aromatic carbocycles. The van der Waals surface area contributed by atoms with Gasteiger partial charge < -0.3 is 15.4 Å². The number of aromatic amines is 1. The van der Waals surface area contributed by atoms with Gasteiger partial charge in [0, 0.05) is 23.3 Å². The Bertz CT molecular complexity index is 817. The maximum atomic E-state index is 5.69. The van der Waals surface area contributed by atoms with Crippen LogP contribution in [0.15, 0.2) is 59.0 Å². The van der Waals surface area contributed by atoms with Gasteiger partial charge in [-0.15, -0.1) is 35.3 Å². The van der Waals surface area contributed by atoms with Crippen LogP contribution < -0.4 is 15.4 Å². The second kappa shape index (κ2) is 11.7. The van der Waals surface area contributed by atoms with Crippen LogP contribution >= 0.6 is 35.3 Å². The van der Waals surface area contributed by atoms with Gasteiger partial charge in [-0.05, 0) is 62.0 Å². The predicted molar refractivity (Wildman–Crippen MR) is 127 cm³/mol. The summed E-state index contributed by atoms with van der Waals surface area (Å²) in [6.45, 7) is 5.38. The molecule has 150 valence electrons. The zero-order chi connectivity index (χ0) is 18.9. The topological polar surface area (TPSA) is 74.3 Å². The monoisotopic (exact) mass is 511 g/mol. The van der Waals surface area contributed by atoms with E-state index in [1.807, 2.05) is 44.2 Å². The Morgan fingerprint density at radius 1 is 1.21 bits per heavy atom. The van der Waals surface area contributed by atoms with Gasteiger partial charge in [-0.2, -0.15) is 5.10 Å². The molecule has 3 N–H and O–H groups in total. The molecule has 0 fully saturated rings. The first kappa shape index (κ1) is 22.2. The summed E-state index contributed by atoms with van der Waals surface area (Å²) in [6, 6.07) is 14.0. The van der Waals surface area contributed by atoms with Gasteiger partial charge in [0.1, 0.15) is 5.75 Å². The summed E-state index contributed by atoms with van der Waals surface area (Å²) in [5.74, 6) is 1.59. The van der Waals surface area contributed by atoms with Crippen molar-refractivity contribution < 1.29 is 4.74 Å². The number of nitrogens with one attached hydrogen (secondary N) is 3. The van der Waals surface area contributed by atoms with Crippen molar-refractivity contribution in [1.29, 1.82) is 0 Å². The summed E-state index contributed by atoms with van der Waals surface area (Å²) < 4.78 is 5.69. The lowest BCUT2D eigenvalue weighted by atomic mass is 10.3. The van der Waals surface area contributed by atoms with E-state index in [1.165, 1.54) is 4.88 Å². The highest BCUT2D eigenvalue weighted by molar-refractivity contribution is 14.0. The van der Waals surface area contributed by atoms with Crippen LogP contribution in [0.1, 0.15) is 24.4 Å². The molecule has 0 amide bonds. The number of aromatic nitrogens is 2. The molecule has 0 bridgehead atoms. The van der Waals surface area contributed by atoms with Crippen molar-refractivity contribution >= 4 is 47.0 Å². The van der Waals surface area contributed by atoms with Gasteiger partial charge >= 0.3 is 0 Å². The van der Waals surface area contributed by atoms with Gasteiger partial charge in [-0.25, -0.2) is 4.99 Å². The van der Waals surface area contributed by atoms with Crippen molar-refractivity contribution in [3.63, 3.8) is 0 Å². The molecule has 0 aliphatic carbocycles. The number of H-pyrrole nitrogens is 1. The van der Waals surface area contributed by atoms with E-state index in [9.17, 15) is 0 Å². The van der Waals surface area contributed by atoms with E-state index in [4.69, 9.17) is 4.74 Å². The molecular weight excluding hydrogens is 485 g/mol. The highest BCUT2D eigenvalue weighted by atomic mass is 127. The Labute approximate surface area is 186 Å². The molecule has 6 nitrogen and oxygen atoms in total. The van der Waals surface area contributed by atoms with Crippen LogP contribution in [-0.4, -0.2) is 28.8 Å². The SMILES string of the molecule is CC(C)Oc1ccc(NC(=NCc2ccn[nH]2)NCCc2cccs2)cc1.I. The number of guanidine groups is 1. The fourth-order valence-electron chi connectivity index (χ4n) is 2.46. The molecule has 0 spiro atoms. The van der Waals surface area contributed by atoms with Gasteiger partial charge in [-0.1, -0.05) is 6.07 Å². The third kappa shape index (κ3) is 7.51. The number of hydrogen-bond acceptors (Lipinski definition) is 4. The van der Waals surface area contributed by atoms with Gasteiger partial charge in [0.15, 0.2) is 5.96 Å². The summed E-state index contributed by atoms with van der Waals surface area (Å²) in [5, 5.41) is 15.7. The molecule has 0 aliphatic rings. The van der Waals surface area contributed by atoms with Crippen molar-refractivity contribution in [1.82, 2.24) is 15.5 Å². The number of nitrogens with zero attached hydrogens (tertiary/aromatic N) is 2. The molecular formula is C20H26IN5OS. The van der Waals surface area contributed by atoms with E-state index in [2.05, 4.69) is 43.3 Å². The lowest BCUT2D eigenvalue weighted by molar-refractivity contribution is 0.242. The highest BCUT2D eigenvalue weighted by Crippen LogP contribution is 2.17. The Balaban J connectivity index is 0.00000280. The molecule has 2 heterocycles. The van der Waals surface area contributed by atoms with Gasteiger partial charge in [-0.3, -0.25) is 5.10 Å². The smallest absolute Gasteiger partial charge is 0.196 e. The third-order valence-corrected chi connectivity index (χ3v) is 4.63. The summed E-state index contributed by atoms with van der Waals surface area (Å²) in [7, 11) is 0. The maximum absolute atomic E-state index is 5.69. The quantitative estimate of drug-likeness (QED) is 0.233. The Morgan fingerprint density at radius 2 is 2.04 bits per heavy atom. The van der Waals surface area contributed by atoms with Crippen molar-refractivity contribution in [3.8, 4) is 5.75 Å². The molecule has 0 aliphatic heterocycles. The average Bonchev–Trinajstić information content (AvgIpc) is 3.34. The van der Waals surface area contributed by atoms with Crippen molar-refractivity contribution in [3.05, 3.63) is 64.6 Å². The van der Waals surface area contributed by atoms with Gasteiger partial charge in [0.05, 0.1) is 18.3 Å². The molecule has 3 aromatic rings. The van der Waals surface area contributed by atoms with Crippen LogP contribution in [-0.2, 0) is 13.0 Å². The number of rotatable bonds is 8. The fraction of sp³-hybridized carbons (Fsp3) is 0.300. The van der Waals surface area contributed by atoms with Crippen molar-refractivity contribution in [2.24, 2.45) is 4.99 Å². The molecule has 3 rings (SSSR count). The average molecular weight is 511 g/mol. The molecule has 0 unspecified atom stereocenters. The zero-order valence-electron chi connectivity index (χ0n) is 16.0. The summed E-state index contributed by atoms with van der Waals surface area (Å²) in [6.07, 6.45) is 2.86.